The van der Waals surface area contributed by atoms with E-state index in [9.17, 15) is 17.6 Å². The molecule has 19 heavy (non-hydrogen) atoms. The van der Waals surface area contributed by atoms with Crippen LogP contribution in [0.4, 0.5) is 17.6 Å². The molecule has 0 aliphatic heterocycles. The second-order valence-electron chi connectivity index (χ2n) is 4.24. The van der Waals surface area contributed by atoms with Gasteiger partial charge >= 0.3 is 6.18 Å². The molecule has 1 atom stereocenters. The zero-order chi connectivity index (χ0) is 14.3. The van der Waals surface area contributed by atoms with Crippen LogP contribution in [-0.2, 0) is 11.7 Å². The third kappa shape index (κ3) is 2.76. The van der Waals surface area contributed by atoms with Crippen LogP contribution in [0.15, 0.2) is 30.5 Å². The predicted octanol–water partition coefficient (Wildman–Crippen LogP) is 3.52. The smallest absolute Gasteiger partial charge is 0.317 e. The molecule has 1 heterocycles. The molecule has 1 unspecified atom stereocenters. The Hall–Kier alpha value is -1.47. The Labute approximate surface area is 110 Å². The molecule has 0 spiro atoms. The van der Waals surface area contributed by atoms with Crippen LogP contribution in [0.3, 0.4) is 0 Å². The minimum absolute atomic E-state index is 0.227. The van der Waals surface area contributed by atoms with Crippen LogP contribution < -0.4 is 5.73 Å². The standard InChI is InChI=1S/C12H10F4N2S/c1-11(17,7-3-2-4-8(13)5-7)9-6-18-10(19-9)12(14,15)16/h2-6H,17H2,1H3. The first-order valence-corrected chi connectivity index (χ1v) is 6.11. The average molecular weight is 290 g/mol. The fourth-order valence-electron chi connectivity index (χ4n) is 1.60. The summed E-state index contributed by atoms with van der Waals surface area (Å²) in [4.78, 5) is 3.55. The van der Waals surface area contributed by atoms with Crippen molar-refractivity contribution in [3.05, 3.63) is 51.7 Å². The van der Waals surface area contributed by atoms with Crippen molar-refractivity contribution < 1.29 is 17.6 Å². The maximum atomic E-state index is 13.2. The summed E-state index contributed by atoms with van der Waals surface area (Å²) in [7, 11) is 0. The van der Waals surface area contributed by atoms with E-state index in [0.717, 1.165) is 6.20 Å². The Bertz CT molecular complexity index is 589. The highest BCUT2D eigenvalue weighted by molar-refractivity contribution is 7.11. The molecule has 1 aromatic heterocycles. The van der Waals surface area contributed by atoms with Gasteiger partial charge in [-0.1, -0.05) is 12.1 Å². The lowest BCUT2D eigenvalue weighted by atomic mass is 9.92. The summed E-state index contributed by atoms with van der Waals surface area (Å²) in [6.07, 6.45) is -3.42. The number of hydrogen-bond acceptors (Lipinski definition) is 3. The highest BCUT2D eigenvalue weighted by Gasteiger charge is 2.37. The van der Waals surface area contributed by atoms with Gasteiger partial charge in [0.15, 0.2) is 5.01 Å². The third-order valence-corrected chi connectivity index (χ3v) is 3.96. The fraction of sp³-hybridized carbons (Fsp3) is 0.250. The molecule has 0 saturated heterocycles. The predicted molar refractivity (Wildman–Crippen MR) is 64.2 cm³/mol. The SMILES string of the molecule is CC(N)(c1cccc(F)c1)c1cnc(C(F)(F)F)s1. The van der Waals surface area contributed by atoms with Gasteiger partial charge in [-0.25, -0.2) is 9.37 Å². The fourth-order valence-corrected chi connectivity index (χ4v) is 2.46. The summed E-state index contributed by atoms with van der Waals surface area (Å²) in [5, 5.41) is -0.962. The van der Waals surface area contributed by atoms with Gasteiger partial charge in [0, 0.05) is 11.1 Å². The van der Waals surface area contributed by atoms with Gasteiger partial charge in [-0.15, -0.1) is 11.3 Å². The quantitative estimate of drug-likeness (QED) is 0.859. The van der Waals surface area contributed by atoms with Gasteiger partial charge in [-0.05, 0) is 24.6 Å². The van der Waals surface area contributed by atoms with E-state index in [0.29, 0.717) is 16.9 Å². The van der Waals surface area contributed by atoms with Crippen LogP contribution in [0.1, 0.15) is 22.4 Å². The summed E-state index contributed by atoms with van der Waals surface area (Å²) in [5.41, 5.74) is 5.20. The van der Waals surface area contributed by atoms with E-state index in [1.165, 1.54) is 25.1 Å². The van der Waals surface area contributed by atoms with E-state index in [2.05, 4.69) is 4.98 Å². The second-order valence-corrected chi connectivity index (χ2v) is 5.27. The summed E-state index contributed by atoms with van der Waals surface area (Å²) < 4.78 is 50.7. The van der Waals surface area contributed by atoms with Crippen LogP contribution in [-0.4, -0.2) is 4.98 Å². The van der Waals surface area contributed by atoms with Crippen LogP contribution >= 0.6 is 11.3 Å². The molecule has 2 N–H and O–H groups in total. The van der Waals surface area contributed by atoms with Crippen LogP contribution in [0, 0.1) is 5.82 Å². The molecule has 0 aliphatic rings. The highest BCUT2D eigenvalue weighted by Crippen LogP contribution is 2.37. The van der Waals surface area contributed by atoms with Gasteiger partial charge in [-0.2, -0.15) is 13.2 Å². The summed E-state index contributed by atoms with van der Waals surface area (Å²) in [6, 6.07) is 5.47. The van der Waals surface area contributed by atoms with Crippen molar-refractivity contribution >= 4 is 11.3 Å². The first kappa shape index (κ1) is 14.0. The van der Waals surface area contributed by atoms with E-state index < -0.39 is 22.5 Å². The molecule has 7 heteroatoms. The van der Waals surface area contributed by atoms with E-state index in [4.69, 9.17) is 5.73 Å². The van der Waals surface area contributed by atoms with Crippen molar-refractivity contribution in [1.82, 2.24) is 4.98 Å². The molecule has 0 amide bonds. The molecule has 0 saturated carbocycles. The van der Waals surface area contributed by atoms with Crippen molar-refractivity contribution in [3.63, 3.8) is 0 Å². The monoisotopic (exact) mass is 290 g/mol. The number of nitrogens with zero attached hydrogens (tertiary/aromatic N) is 1. The van der Waals surface area contributed by atoms with Gasteiger partial charge in [0.2, 0.25) is 0 Å². The lowest BCUT2D eigenvalue weighted by Gasteiger charge is -2.23. The molecule has 2 rings (SSSR count). The number of nitrogens with two attached hydrogens (primary N) is 1. The minimum atomic E-state index is -4.50. The molecular formula is C12H10F4N2S. The van der Waals surface area contributed by atoms with E-state index >= 15 is 0 Å². The Balaban J connectivity index is 2.42. The third-order valence-electron chi connectivity index (χ3n) is 2.68. The van der Waals surface area contributed by atoms with E-state index in [1.807, 2.05) is 0 Å². The zero-order valence-electron chi connectivity index (χ0n) is 9.83. The number of hydrogen-bond donors (Lipinski definition) is 1. The molecule has 0 bridgehead atoms. The normalized spacial score (nSPS) is 15.3. The number of aromatic nitrogens is 1. The van der Waals surface area contributed by atoms with Crippen molar-refractivity contribution in [2.24, 2.45) is 5.73 Å². The molecular weight excluding hydrogens is 280 g/mol. The first-order chi connectivity index (χ1) is 8.71. The van der Waals surface area contributed by atoms with Crippen LogP contribution in [0.25, 0.3) is 0 Å². The molecule has 2 nitrogen and oxygen atoms in total. The number of halogens is 4. The van der Waals surface area contributed by atoms with Gasteiger partial charge in [0.1, 0.15) is 5.82 Å². The topological polar surface area (TPSA) is 38.9 Å². The summed E-state index contributed by atoms with van der Waals surface area (Å²) in [5.74, 6) is -0.491. The number of benzene rings is 1. The van der Waals surface area contributed by atoms with Crippen LogP contribution in [0.5, 0.6) is 0 Å². The minimum Gasteiger partial charge on any atom is -0.317 e. The molecule has 0 fully saturated rings. The molecule has 1 aromatic carbocycles. The Kier molecular flexibility index (Phi) is 3.36. The Morgan fingerprint density at radius 2 is 1.95 bits per heavy atom. The number of rotatable bonds is 2. The molecule has 0 aliphatic carbocycles. The first-order valence-electron chi connectivity index (χ1n) is 5.29. The summed E-state index contributed by atoms with van der Waals surface area (Å²) in [6.45, 7) is 1.52. The van der Waals surface area contributed by atoms with Gasteiger partial charge in [0.25, 0.3) is 0 Å². The second kappa shape index (κ2) is 4.57. The van der Waals surface area contributed by atoms with Crippen molar-refractivity contribution in [2.75, 3.05) is 0 Å². The van der Waals surface area contributed by atoms with Gasteiger partial charge in [-0.3, -0.25) is 0 Å². The van der Waals surface area contributed by atoms with Gasteiger partial charge in [0.05, 0.1) is 5.54 Å². The maximum Gasteiger partial charge on any atom is 0.443 e. The van der Waals surface area contributed by atoms with E-state index in [1.54, 1.807) is 6.07 Å². The summed E-state index contributed by atoms with van der Waals surface area (Å²) >= 11 is 0.464. The lowest BCUT2D eigenvalue weighted by Crippen LogP contribution is -2.33. The van der Waals surface area contributed by atoms with Crippen molar-refractivity contribution in [1.29, 1.82) is 0 Å². The Morgan fingerprint density at radius 1 is 1.26 bits per heavy atom. The number of thiazole rings is 1. The van der Waals surface area contributed by atoms with Crippen molar-refractivity contribution in [3.8, 4) is 0 Å². The zero-order valence-corrected chi connectivity index (χ0v) is 10.6. The molecule has 0 radical (unpaired) electrons. The molecule has 2 aromatic rings. The van der Waals surface area contributed by atoms with E-state index in [-0.39, 0.29) is 4.88 Å². The van der Waals surface area contributed by atoms with Crippen LogP contribution in [0.2, 0.25) is 0 Å². The maximum absolute atomic E-state index is 13.2. The highest BCUT2D eigenvalue weighted by atomic mass is 32.1. The number of alkyl halides is 3. The average Bonchev–Trinajstić information content (AvgIpc) is 2.78. The molecule has 102 valence electrons. The Morgan fingerprint density at radius 3 is 2.47 bits per heavy atom. The largest absolute Gasteiger partial charge is 0.443 e. The van der Waals surface area contributed by atoms with Gasteiger partial charge < -0.3 is 5.73 Å². The van der Waals surface area contributed by atoms with Crippen molar-refractivity contribution in [2.45, 2.75) is 18.6 Å². The lowest BCUT2D eigenvalue weighted by molar-refractivity contribution is -0.137.